The van der Waals surface area contributed by atoms with Gasteiger partial charge in [-0.15, -0.1) is 0 Å². The van der Waals surface area contributed by atoms with Gasteiger partial charge in [0.15, 0.2) is 0 Å². The minimum atomic E-state index is -0.113. The number of H-pyrrole nitrogens is 1. The van der Waals surface area contributed by atoms with E-state index >= 15 is 0 Å². The quantitative estimate of drug-likeness (QED) is 0.514. The largest absolute Gasteiger partial charge is 0.351 e. The van der Waals surface area contributed by atoms with E-state index in [0.29, 0.717) is 6.54 Å². The summed E-state index contributed by atoms with van der Waals surface area (Å²) < 4.78 is 2.11. The van der Waals surface area contributed by atoms with Crippen molar-refractivity contribution in [1.29, 1.82) is 0 Å². The molecule has 0 radical (unpaired) electrons. The summed E-state index contributed by atoms with van der Waals surface area (Å²) in [5.41, 5.74) is 8.23. The SMILES string of the molecule is CN1CCn2ncc(-c3cnc4[nH]cc(-c5ccc6c(c5)C(C)(C)CNC6=O)c4c3)c2C1. The Kier molecular flexibility index (Phi) is 4.07. The normalized spacial score (nSPS) is 17.8. The Morgan fingerprint density at radius 2 is 1.91 bits per heavy atom. The van der Waals surface area contributed by atoms with E-state index in [1.165, 1.54) is 5.69 Å². The van der Waals surface area contributed by atoms with E-state index in [2.05, 4.69) is 58.0 Å². The van der Waals surface area contributed by atoms with Crippen LogP contribution >= 0.6 is 0 Å². The van der Waals surface area contributed by atoms with Crippen LogP contribution in [-0.4, -0.2) is 50.7 Å². The first-order valence-corrected chi connectivity index (χ1v) is 11.0. The highest BCUT2D eigenvalue weighted by atomic mass is 16.1. The monoisotopic (exact) mass is 426 g/mol. The highest BCUT2D eigenvalue weighted by molar-refractivity contribution is 6.00. The smallest absolute Gasteiger partial charge is 0.251 e. The summed E-state index contributed by atoms with van der Waals surface area (Å²) >= 11 is 0. The summed E-state index contributed by atoms with van der Waals surface area (Å²) in [6.45, 7) is 7.79. The number of hydrogen-bond acceptors (Lipinski definition) is 4. The summed E-state index contributed by atoms with van der Waals surface area (Å²) in [4.78, 5) is 22.7. The fraction of sp³-hybridized carbons (Fsp3) is 0.320. The Balaban J connectivity index is 1.47. The molecular weight excluding hydrogens is 400 g/mol. The van der Waals surface area contributed by atoms with Crippen LogP contribution in [0.25, 0.3) is 33.3 Å². The minimum absolute atomic E-state index is 0.00436. The number of pyridine rings is 1. The van der Waals surface area contributed by atoms with E-state index < -0.39 is 0 Å². The number of rotatable bonds is 2. The molecule has 0 aliphatic carbocycles. The fourth-order valence-electron chi connectivity index (χ4n) is 4.96. The molecule has 1 amide bonds. The summed E-state index contributed by atoms with van der Waals surface area (Å²) in [5.74, 6) is 0.00436. The van der Waals surface area contributed by atoms with Crippen molar-refractivity contribution in [3.63, 3.8) is 0 Å². The molecule has 3 aromatic heterocycles. The standard InChI is InChI=1S/C25H26N6O/c1-25(2)14-28-24(32)17-5-4-15(9-21(17)25)19-11-27-23-18(19)8-16(10-26-23)20-12-29-31-7-6-30(3)13-22(20)31/h4-5,8-12H,6-7,13-14H2,1-3H3,(H,26,27)(H,28,32). The molecular formula is C25H26N6O. The predicted octanol–water partition coefficient (Wildman–Crippen LogP) is 3.56. The molecule has 7 nitrogen and oxygen atoms in total. The summed E-state index contributed by atoms with van der Waals surface area (Å²) in [6.07, 6.45) is 5.90. The number of carbonyl (C=O) groups excluding carboxylic acids is 1. The number of likely N-dealkylation sites (N-methyl/N-ethyl adjacent to an activating group) is 1. The van der Waals surface area contributed by atoms with Crippen molar-refractivity contribution < 1.29 is 4.79 Å². The van der Waals surface area contributed by atoms with Crippen LogP contribution in [-0.2, 0) is 18.5 Å². The number of nitrogens with zero attached hydrogens (tertiary/aromatic N) is 4. The lowest BCUT2D eigenvalue weighted by Gasteiger charge is -2.32. The van der Waals surface area contributed by atoms with Gasteiger partial charge in [-0.25, -0.2) is 4.98 Å². The Morgan fingerprint density at radius 1 is 1.03 bits per heavy atom. The van der Waals surface area contributed by atoms with Crippen LogP contribution in [0.2, 0.25) is 0 Å². The Labute approximate surface area is 186 Å². The molecule has 0 saturated carbocycles. The lowest BCUT2D eigenvalue weighted by molar-refractivity contribution is 0.0930. The van der Waals surface area contributed by atoms with Gasteiger partial charge in [0, 0.05) is 65.1 Å². The zero-order valence-corrected chi connectivity index (χ0v) is 18.6. The van der Waals surface area contributed by atoms with Gasteiger partial charge in [0.25, 0.3) is 5.91 Å². The lowest BCUT2D eigenvalue weighted by atomic mass is 9.78. The molecule has 32 heavy (non-hydrogen) atoms. The summed E-state index contributed by atoms with van der Waals surface area (Å²) in [5, 5.41) is 8.67. The average molecular weight is 427 g/mol. The molecule has 2 aliphatic rings. The third-order valence-corrected chi connectivity index (χ3v) is 6.90. The molecule has 2 aliphatic heterocycles. The molecule has 2 N–H and O–H groups in total. The van der Waals surface area contributed by atoms with E-state index in [1.807, 2.05) is 30.7 Å². The first-order chi connectivity index (χ1) is 15.4. The summed E-state index contributed by atoms with van der Waals surface area (Å²) in [6, 6.07) is 8.35. The molecule has 7 heteroatoms. The molecule has 4 aromatic rings. The van der Waals surface area contributed by atoms with Crippen LogP contribution in [0, 0.1) is 0 Å². The second-order valence-corrected chi connectivity index (χ2v) is 9.62. The molecule has 5 heterocycles. The number of nitrogens with one attached hydrogen (secondary N) is 2. The maximum absolute atomic E-state index is 12.4. The van der Waals surface area contributed by atoms with Gasteiger partial charge >= 0.3 is 0 Å². The van der Waals surface area contributed by atoms with Crippen molar-refractivity contribution in [3.8, 4) is 22.3 Å². The fourth-order valence-corrected chi connectivity index (χ4v) is 4.96. The van der Waals surface area contributed by atoms with E-state index in [1.54, 1.807) is 0 Å². The molecule has 0 saturated heterocycles. The highest BCUT2D eigenvalue weighted by Gasteiger charge is 2.32. The maximum Gasteiger partial charge on any atom is 0.251 e. The van der Waals surface area contributed by atoms with Gasteiger partial charge in [-0.3, -0.25) is 14.4 Å². The van der Waals surface area contributed by atoms with Crippen LogP contribution < -0.4 is 5.32 Å². The topological polar surface area (TPSA) is 78.8 Å². The van der Waals surface area contributed by atoms with Gasteiger partial charge in [-0.2, -0.15) is 5.10 Å². The van der Waals surface area contributed by atoms with Crippen LogP contribution in [0.1, 0.15) is 35.5 Å². The van der Waals surface area contributed by atoms with E-state index in [0.717, 1.165) is 64.0 Å². The third kappa shape index (κ3) is 2.88. The molecule has 0 fully saturated rings. The number of aromatic nitrogens is 4. The number of benzene rings is 1. The second-order valence-electron chi connectivity index (χ2n) is 9.62. The van der Waals surface area contributed by atoms with Crippen LogP contribution in [0.4, 0.5) is 0 Å². The van der Waals surface area contributed by atoms with Gasteiger partial charge in [-0.1, -0.05) is 19.9 Å². The van der Waals surface area contributed by atoms with Crippen molar-refractivity contribution in [2.75, 3.05) is 20.1 Å². The van der Waals surface area contributed by atoms with Crippen molar-refractivity contribution in [2.24, 2.45) is 0 Å². The zero-order valence-electron chi connectivity index (χ0n) is 18.6. The highest BCUT2D eigenvalue weighted by Crippen LogP contribution is 2.37. The van der Waals surface area contributed by atoms with Crippen molar-refractivity contribution in [2.45, 2.75) is 32.4 Å². The Morgan fingerprint density at radius 3 is 2.78 bits per heavy atom. The van der Waals surface area contributed by atoms with Crippen LogP contribution in [0.15, 0.2) is 42.9 Å². The lowest BCUT2D eigenvalue weighted by Crippen LogP contribution is -2.43. The maximum atomic E-state index is 12.4. The van der Waals surface area contributed by atoms with Crippen molar-refractivity contribution >= 4 is 16.9 Å². The van der Waals surface area contributed by atoms with Gasteiger partial charge < -0.3 is 10.3 Å². The first-order valence-electron chi connectivity index (χ1n) is 11.0. The number of carbonyl (C=O) groups is 1. The number of hydrogen-bond donors (Lipinski definition) is 2. The molecule has 0 spiro atoms. The van der Waals surface area contributed by atoms with Crippen LogP contribution in [0.5, 0.6) is 0 Å². The van der Waals surface area contributed by atoms with E-state index in [-0.39, 0.29) is 11.3 Å². The molecule has 162 valence electrons. The van der Waals surface area contributed by atoms with Gasteiger partial charge in [0.2, 0.25) is 0 Å². The van der Waals surface area contributed by atoms with E-state index in [4.69, 9.17) is 4.98 Å². The number of aromatic amines is 1. The van der Waals surface area contributed by atoms with Crippen LogP contribution in [0.3, 0.4) is 0 Å². The van der Waals surface area contributed by atoms with Crippen molar-refractivity contribution in [1.82, 2.24) is 30.0 Å². The molecule has 0 unspecified atom stereocenters. The van der Waals surface area contributed by atoms with Gasteiger partial charge in [0.1, 0.15) is 5.65 Å². The van der Waals surface area contributed by atoms with E-state index in [9.17, 15) is 4.79 Å². The predicted molar refractivity (Wildman–Crippen MR) is 124 cm³/mol. The van der Waals surface area contributed by atoms with Gasteiger partial charge in [-0.05, 0) is 36.4 Å². The Bertz CT molecular complexity index is 1380. The van der Waals surface area contributed by atoms with Gasteiger partial charge in [0.05, 0.1) is 18.4 Å². The molecule has 6 rings (SSSR count). The Hall–Kier alpha value is -3.45. The molecule has 1 aromatic carbocycles. The number of fused-ring (bicyclic) bond motifs is 3. The second kappa shape index (κ2) is 6.77. The summed E-state index contributed by atoms with van der Waals surface area (Å²) in [7, 11) is 2.14. The first kappa shape index (κ1) is 19.3. The average Bonchev–Trinajstić information content (AvgIpc) is 3.40. The number of amides is 1. The molecule has 0 atom stereocenters. The minimum Gasteiger partial charge on any atom is -0.351 e. The third-order valence-electron chi connectivity index (χ3n) is 6.90. The molecule has 0 bridgehead atoms. The zero-order chi connectivity index (χ0) is 22.0. The van der Waals surface area contributed by atoms with Crippen molar-refractivity contribution in [3.05, 3.63) is 59.7 Å².